The average Bonchev–Trinajstić information content (AvgIpc) is 3.09. The number of hydrogen-bond acceptors (Lipinski definition) is 7. The molecule has 188 valence electrons. The third kappa shape index (κ3) is 4.87. The first kappa shape index (κ1) is 25.0. The fourth-order valence-corrected chi connectivity index (χ4v) is 5.66. The zero-order valence-electron chi connectivity index (χ0n) is 21.3. The second kappa shape index (κ2) is 8.55. The molecule has 2 heterocycles. The molecule has 0 saturated heterocycles. The van der Waals surface area contributed by atoms with Crippen LogP contribution in [0.25, 0.3) is 0 Å². The molecule has 35 heavy (non-hydrogen) atoms. The van der Waals surface area contributed by atoms with E-state index in [9.17, 15) is 13.2 Å². The summed E-state index contributed by atoms with van der Waals surface area (Å²) in [6.45, 7) is 7.81. The van der Waals surface area contributed by atoms with E-state index in [0.717, 1.165) is 50.7 Å². The number of nitrogens with zero attached hydrogens (tertiary/aromatic N) is 2. The van der Waals surface area contributed by atoms with Crippen molar-refractivity contribution in [2.45, 2.75) is 51.7 Å². The first-order valence-corrected chi connectivity index (χ1v) is 13.3. The van der Waals surface area contributed by atoms with E-state index in [1.54, 1.807) is 25.3 Å². The maximum absolute atomic E-state index is 12.5. The summed E-state index contributed by atoms with van der Waals surface area (Å²) in [5.41, 5.74) is 4.27. The fourth-order valence-electron chi connectivity index (χ4n) is 4.82. The Morgan fingerprint density at radius 2 is 1.86 bits per heavy atom. The van der Waals surface area contributed by atoms with Crippen molar-refractivity contribution in [3.8, 4) is 11.5 Å². The van der Waals surface area contributed by atoms with E-state index in [0.29, 0.717) is 17.9 Å². The molecule has 0 fully saturated rings. The average molecular weight is 501 g/mol. The Morgan fingerprint density at radius 3 is 2.49 bits per heavy atom. The van der Waals surface area contributed by atoms with E-state index < -0.39 is 28.1 Å². The molecule has 0 amide bonds. The van der Waals surface area contributed by atoms with Crippen molar-refractivity contribution in [2.24, 2.45) is 4.99 Å². The summed E-state index contributed by atoms with van der Waals surface area (Å²) in [5.74, 6) is 0.784. The molecule has 0 bridgehead atoms. The van der Waals surface area contributed by atoms with Crippen LogP contribution in [0.2, 0.25) is 0 Å². The van der Waals surface area contributed by atoms with Gasteiger partial charge in [-0.25, -0.2) is 8.42 Å². The summed E-state index contributed by atoms with van der Waals surface area (Å²) in [6.07, 6.45) is 2.49. The van der Waals surface area contributed by atoms with Crippen molar-refractivity contribution in [3.05, 3.63) is 52.6 Å². The number of carbonyl (C=O) groups is 1. The Labute approximate surface area is 207 Å². The lowest BCUT2D eigenvalue weighted by Crippen LogP contribution is -2.35. The Hall–Kier alpha value is -3.07. The number of anilines is 1. The first-order valence-electron chi connectivity index (χ1n) is 11.4. The van der Waals surface area contributed by atoms with Gasteiger partial charge < -0.3 is 14.2 Å². The molecule has 0 atom stereocenters. The fraction of sp³-hybridized carbons (Fsp3) is 0.462. The second-order valence-corrected chi connectivity index (χ2v) is 12.2. The molecule has 2 aliphatic heterocycles. The van der Waals surface area contributed by atoms with Crippen LogP contribution >= 0.6 is 0 Å². The number of carbonyl (C=O) groups excluding carboxylic acids is 1. The summed E-state index contributed by atoms with van der Waals surface area (Å²) in [6, 6.07) is 9.12. The van der Waals surface area contributed by atoms with Crippen LogP contribution in [0.1, 0.15) is 49.9 Å². The van der Waals surface area contributed by atoms with Gasteiger partial charge in [0, 0.05) is 23.1 Å². The minimum absolute atomic E-state index is 0.366. The smallest absolute Gasteiger partial charge is 0.326 e. The van der Waals surface area contributed by atoms with Gasteiger partial charge >= 0.3 is 5.97 Å². The number of fused-ring (bicyclic) bond motifs is 3. The number of methoxy groups -OCH3 is 2. The highest BCUT2D eigenvalue weighted by molar-refractivity contribution is 7.92. The number of sulfonamides is 1. The number of ether oxygens (including phenoxy) is 3. The van der Waals surface area contributed by atoms with E-state index in [4.69, 9.17) is 19.2 Å². The highest BCUT2D eigenvalue weighted by Gasteiger charge is 2.39. The lowest BCUT2D eigenvalue weighted by Gasteiger charge is -2.31. The van der Waals surface area contributed by atoms with Crippen LogP contribution in [0.15, 0.2) is 35.3 Å². The van der Waals surface area contributed by atoms with E-state index >= 15 is 0 Å². The highest BCUT2D eigenvalue weighted by Crippen LogP contribution is 2.48. The molecule has 0 radical (unpaired) electrons. The summed E-state index contributed by atoms with van der Waals surface area (Å²) in [5, 5.41) is 0. The Morgan fingerprint density at radius 1 is 1.14 bits per heavy atom. The molecular weight excluding hydrogens is 468 g/mol. The standard InChI is InChI=1S/C26H32N2O6S/c1-25(2)13-17-12-20(32-5)24-19(14-26(3,4)34-24)22(17)23(27-25)16-9-8-10-18(11-16)28(35(7,30)31)15-21(29)33-6/h8-12H,13-15H2,1-7H3. The topological polar surface area (TPSA) is 94.5 Å². The molecule has 2 aromatic carbocycles. The number of aliphatic imine (C=N–C) groups is 1. The normalized spacial score (nSPS) is 17.5. The molecule has 0 aromatic heterocycles. The second-order valence-electron chi connectivity index (χ2n) is 10.3. The lowest BCUT2D eigenvalue weighted by atomic mass is 9.81. The molecule has 0 saturated carbocycles. The van der Waals surface area contributed by atoms with Crippen molar-refractivity contribution in [1.82, 2.24) is 0 Å². The molecule has 0 N–H and O–H groups in total. The minimum Gasteiger partial charge on any atom is -0.493 e. The zero-order valence-corrected chi connectivity index (χ0v) is 22.1. The number of esters is 1. The van der Waals surface area contributed by atoms with Crippen molar-refractivity contribution < 1.29 is 27.4 Å². The van der Waals surface area contributed by atoms with E-state index in [1.165, 1.54) is 7.11 Å². The third-order valence-corrected chi connectivity index (χ3v) is 7.35. The maximum Gasteiger partial charge on any atom is 0.326 e. The van der Waals surface area contributed by atoms with Gasteiger partial charge in [0.2, 0.25) is 10.0 Å². The van der Waals surface area contributed by atoms with Gasteiger partial charge in [0.15, 0.2) is 11.5 Å². The Bertz CT molecular complexity index is 1330. The number of rotatable bonds is 6. The predicted molar refractivity (Wildman–Crippen MR) is 135 cm³/mol. The monoisotopic (exact) mass is 500 g/mol. The molecular formula is C26H32N2O6S. The number of hydrogen-bond donors (Lipinski definition) is 0. The van der Waals surface area contributed by atoms with Crippen molar-refractivity contribution in [2.75, 3.05) is 31.3 Å². The van der Waals surface area contributed by atoms with Crippen LogP contribution in [0.5, 0.6) is 11.5 Å². The third-order valence-electron chi connectivity index (χ3n) is 6.21. The minimum atomic E-state index is -3.73. The summed E-state index contributed by atoms with van der Waals surface area (Å²) in [7, 11) is -0.859. The Kier molecular flexibility index (Phi) is 6.12. The van der Waals surface area contributed by atoms with Gasteiger partial charge in [0.25, 0.3) is 0 Å². The van der Waals surface area contributed by atoms with Gasteiger partial charge in [-0.3, -0.25) is 14.1 Å². The summed E-state index contributed by atoms with van der Waals surface area (Å²) in [4.78, 5) is 17.1. The largest absolute Gasteiger partial charge is 0.493 e. The van der Waals surface area contributed by atoms with Gasteiger partial charge in [-0.1, -0.05) is 12.1 Å². The molecule has 9 heteroatoms. The van der Waals surface area contributed by atoms with Crippen LogP contribution in [-0.4, -0.2) is 58.3 Å². The molecule has 8 nitrogen and oxygen atoms in total. The summed E-state index contributed by atoms with van der Waals surface area (Å²) >= 11 is 0. The first-order chi connectivity index (χ1) is 16.2. The molecule has 4 rings (SSSR count). The van der Waals surface area contributed by atoms with Crippen LogP contribution in [0.4, 0.5) is 5.69 Å². The SMILES string of the molecule is COC(=O)CN(c1cccc(C2=NC(C)(C)Cc3cc(OC)c4c(c32)CC(C)(C)O4)c1)S(C)(=O)=O. The van der Waals surface area contributed by atoms with Crippen LogP contribution in [0.3, 0.4) is 0 Å². The van der Waals surface area contributed by atoms with Gasteiger partial charge in [0.1, 0.15) is 12.1 Å². The lowest BCUT2D eigenvalue weighted by molar-refractivity contribution is -0.138. The van der Waals surface area contributed by atoms with E-state index in [1.807, 2.05) is 26.0 Å². The van der Waals surface area contributed by atoms with Gasteiger partial charge in [-0.05, 0) is 57.9 Å². The quantitative estimate of drug-likeness (QED) is 0.564. The zero-order chi connectivity index (χ0) is 25.8. The predicted octanol–water partition coefficient (Wildman–Crippen LogP) is 3.52. The number of benzene rings is 2. The van der Waals surface area contributed by atoms with Gasteiger partial charge in [0.05, 0.1) is 37.4 Å². The van der Waals surface area contributed by atoms with Crippen molar-refractivity contribution in [3.63, 3.8) is 0 Å². The maximum atomic E-state index is 12.5. The van der Waals surface area contributed by atoms with Crippen LogP contribution in [-0.2, 0) is 32.4 Å². The van der Waals surface area contributed by atoms with E-state index in [2.05, 4.69) is 13.8 Å². The highest BCUT2D eigenvalue weighted by atomic mass is 32.2. The molecule has 0 aliphatic carbocycles. The van der Waals surface area contributed by atoms with E-state index in [-0.39, 0.29) is 5.54 Å². The molecule has 0 spiro atoms. The van der Waals surface area contributed by atoms with Crippen molar-refractivity contribution in [1.29, 1.82) is 0 Å². The van der Waals surface area contributed by atoms with Crippen molar-refractivity contribution >= 4 is 27.4 Å². The molecule has 2 aromatic rings. The van der Waals surface area contributed by atoms with Crippen LogP contribution < -0.4 is 13.8 Å². The van der Waals surface area contributed by atoms with Crippen LogP contribution in [0, 0.1) is 0 Å². The Balaban J connectivity index is 1.90. The molecule has 2 aliphatic rings. The summed E-state index contributed by atoms with van der Waals surface area (Å²) < 4.78 is 42.8. The van der Waals surface area contributed by atoms with Gasteiger partial charge in [-0.15, -0.1) is 0 Å². The van der Waals surface area contributed by atoms with Gasteiger partial charge in [-0.2, -0.15) is 0 Å². The molecule has 0 unspecified atom stereocenters.